The van der Waals surface area contributed by atoms with Gasteiger partial charge < -0.3 is 15.0 Å². The quantitative estimate of drug-likeness (QED) is 0.677. The van der Waals surface area contributed by atoms with Crippen molar-refractivity contribution in [2.75, 3.05) is 19.6 Å². The average molecular weight is 342 g/mol. The number of piperazine rings is 1. The number of carbonyl (C=O) groups is 1. The molecule has 1 N–H and O–H groups in total. The van der Waals surface area contributed by atoms with Gasteiger partial charge in [0.25, 0.3) is 0 Å². The maximum atomic E-state index is 12.9. The molecule has 0 saturated carbocycles. The summed E-state index contributed by atoms with van der Waals surface area (Å²) >= 11 is 0. The van der Waals surface area contributed by atoms with Crippen molar-refractivity contribution >= 4 is 12.0 Å². The van der Waals surface area contributed by atoms with Gasteiger partial charge in [-0.1, -0.05) is 18.2 Å². The highest BCUT2D eigenvalue weighted by molar-refractivity contribution is 5.93. The lowest BCUT2D eigenvalue weighted by atomic mass is 10.0. The Morgan fingerprint density at radius 1 is 1.28 bits per heavy atom. The Balaban J connectivity index is 1.90. The number of nitrogens with zero attached hydrogens (tertiary/aromatic N) is 1. The molecule has 0 radical (unpaired) electrons. The molecule has 1 aromatic carbocycles. The zero-order valence-corrected chi connectivity index (χ0v) is 15.9. The third-order valence-corrected chi connectivity index (χ3v) is 4.74. The van der Waals surface area contributed by atoms with Crippen molar-refractivity contribution in [3.8, 4) is 0 Å². The number of fused-ring (bicyclic) bond motifs is 1. The van der Waals surface area contributed by atoms with Crippen LogP contribution in [-0.2, 0) is 22.4 Å². The second-order valence-electron chi connectivity index (χ2n) is 8.21. The highest BCUT2D eigenvalue weighted by Gasteiger charge is 2.27. The van der Waals surface area contributed by atoms with Gasteiger partial charge in [0.15, 0.2) is 0 Å². The van der Waals surface area contributed by atoms with E-state index in [0.717, 1.165) is 31.6 Å². The van der Waals surface area contributed by atoms with E-state index in [2.05, 4.69) is 35.3 Å². The van der Waals surface area contributed by atoms with Crippen LogP contribution >= 0.6 is 0 Å². The highest BCUT2D eigenvalue weighted by atomic mass is 16.6. The first kappa shape index (κ1) is 18.0. The molecule has 3 rings (SSSR count). The number of aryl methyl sites for hydroxylation is 2. The van der Waals surface area contributed by atoms with Crippen molar-refractivity contribution in [2.45, 2.75) is 58.6 Å². The zero-order valence-electron chi connectivity index (χ0n) is 15.9. The number of benzene rings is 1. The van der Waals surface area contributed by atoms with E-state index >= 15 is 0 Å². The smallest absolute Gasteiger partial charge is 0.355 e. The average Bonchev–Trinajstić information content (AvgIpc) is 2.98. The van der Waals surface area contributed by atoms with E-state index in [9.17, 15) is 4.79 Å². The molecule has 1 unspecified atom stereocenters. The summed E-state index contributed by atoms with van der Waals surface area (Å²) < 4.78 is 5.68. The predicted molar refractivity (Wildman–Crippen MR) is 101 cm³/mol. The molecule has 0 amide bonds. The van der Waals surface area contributed by atoms with Crippen LogP contribution in [0.4, 0.5) is 0 Å². The van der Waals surface area contributed by atoms with E-state index in [0.29, 0.717) is 11.7 Å². The normalized spacial score (nSPS) is 21.2. The van der Waals surface area contributed by atoms with E-state index in [-0.39, 0.29) is 5.97 Å². The molecule has 4 heteroatoms. The Kier molecular flexibility index (Phi) is 5.19. The van der Waals surface area contributed by atoms with Gasteiger partial charge in [0.2, 0.25) is 0 Å². The lowest BCUT2D eigenvalue weighted by Crippen LogP contribution is -2.50. The summed E-state index contributed by atoms with van der Waals surface area (Å²) in [5.74, 6) is -0.234. The summed E-state index contributed by atoms with van der Waals surface area (Å²) in [5, 5.41) is 3.43. The monoisotopic (exact) mass is 342 g/mol. The maximum Gasteiger partial charge on any atom is 0.355 e. The standard InChI is InChI=1S/C21H30N2O2/c1-15-14-23(11-10-22-15)19(20(24)25-21(2,3)4)13-16-8-9-17-6-5-7-18(17)12-16/h8-9,12-13,15,22H,5-7,10-11,14H2,1-4H3/b19-13+. The molecule has 1 fully saturated rings. The molecule has 0 aromatic heterocycles. The van der Waals surface area contributed by atoms with E-state index in [1.165, 1.54) is 24.0 Å². The highest BCUT2D eigenvalue weighted by Crippen LogP contribution is 2.25. The first-order chi connectivity index (χ1) is 11.8. The summed E-state index contributed by atoms with van der Waals surface area (Å²) in [5.41, 5.74) is 4.14. The third kappa shape index (κ3) is 4.63. The van der Waals surface area contributed by atoms with Gasteiger partial charge in [-0.25, -0.2) is 4.79 Å². The largest absolute Gasteiger partial charge is 0.455 e. The van der Waals surface area contributed by atoms with E-state index in [4.69, 9.17) is 4.74 Å². The Labute approximate surface area is 151 Å². The van der Waals surface area contributed by atoms with Gasteiger partial charge in [-0.05, 0) is 69.7 Å². The molecule has 1 atom stereocenters. The van der Waals surface area contributed by atoms with Gasteiger partial charge in [-0.2, -0.15) is 0 Å². The van der Waals surface area contributed by atoms with Gasteiger partial charge in [0.05, 0.1) is 0 Å². The lowest BCUT2D eigenvalue weighted by Gasteiger charge is -2.35. The van der Waals surface area contributed by atoms with Crippen LogP contribution in [0.25, 0.3) is 6.08 Å². The Morgan fingerprint density at radius 2 is 2.04 bits per heavy atom. The van der Waals surface area contributed by atoms with Crippen LogP contribution in [0.3, 0.4) is 0 Å². The van der Waals surface area contributed by atoms with Crippen LogP contribution < -0.4 is 5.32 Å². The summed E-state index contributed by atoms with van der Waals surface area (Å²) in [6, 6.07) is 6.93. The summed E-state index contributed by atoms with van der Waals surface area (Å²) in [6.45, 7) is 10.4. The number of esters is 1. The van der Waals surface area contributed by atoms with Crippen molar-refractivity contribution in [3.63, 3.8) is 0 Å². The number of ether oxygens (including phenoxy) is 1. The Hall–Kier alpha value is -1.81. The van der Waals surface area contributed by atoms with Gasteiger partial charge in [0.1, 0.15) is 11.3 Å². The SMILES string of the molecule is CC1CN(/C(=C/c2ccc3c(c2)CCC3)C(=O)OC(C)(C)C)CCN1. The molecule has 0 spiro atoms. The summed E-state index contributed by atoms with van der Waals surface area (Å²) in [7, 11) is 0. The number of rotatable bonds is 3. The second-order valence-corrected chi connectivity index (χ2v) is 8.21. The number of carbonyl (C=O) groups excluding carboxylic acids is 1. The number of nitrogens with one attached hydrogen (secondary N) is 1. The topological polar surface area (TPSA) is 41.6 Å². The number of hydrogen-bond acceptors (Lipinski definition) is 4. The molecular formula is C21H30N2O2. The van der Waals surface area contributed by atoms with E-state index in [1.54, 1.807) is 0 Å². The van der Waals surface area contributed by atoms with Gasteiger partial charge in [-0.3, -0.25) is 0 Å². The zero-order chi connectivity index (χ0) is 18.0. The predicted octanol–water partition coefficient (Wildman–Crippen LogP) is 3.15. The van der Waals surface area contributed by atoms with E-state index in [1.807, 2.05) is 26.8 Å². The third-order valence-electron chi connectivity index (χ3n) is 4.74. The fraction of sp³-hybridized carbons (Fsp3) is 0.571. The van der Waals surface area contributed by atoms with Crippen LogP contribution in [0.1, 0.15) is 50.8 Å². The molecule has 136 valence electrons. The van der Waals surface area contributed by atoms with Crippen LogP contribution in [0, 0.1) is 0 Å². The lowest BCUT2D eigenvalue weighted by molar-refractivity contribution is -0.151. The van der Waals surface area contributed by atoms with Crippen molar-refractivity contribution < 1.29 is 9.53 Å². The Bertz CT molecular complexity index is 673. The molecule has 1 heterocycles. The fourth-order valence-corrected chi connectivity index (χ4v) is 3.60. The first-order valence-electron chi connectivity index (χ1n) is 9.37. The molecule has 1 aromatic rings. The van der Waals surface area contributed by atoms with Gasteiger partial charge in [0, 0.05) is 25.7 Å². The van der Waals surface area contributed by atoms with Crippen molar-refractivity contribution in [1.82, 2.24) is 10.2 Å². The van der Waals surface area contributed by atoms with Gasteiger partial charge >= 0.3 is 5.97 Å². The first-order valence-corrected chi connectivity index (χ1v) is 9.37. The van der Waals surface area contributed by atoms with Crippen LogP contribution in [-0.4, -0.2) is 42.1 Å². The molecule has 1 aliphatic carbocycles. The van der Waals surface area contributed by atoms with E-state index < -0.39 is 5.60 Å². The van der Waals surface area contributed by atoms with Crippen molar-refractivity contribution in [3.05, 3.63) is 40.6 Å². The molecular weight excluding hydrogens is 312 g/mol. The minimum absolute atomic E-state index is 0.234. The summed E-state index contributed by atoms with van der Waals surface area (Å²) in [4.78, 5) is 15.0. The van der Waals surface area contributed by atoms with Crippen LogP contribution in [0.5, 0.6) is 0 Å². The molecule has 4 nitrogen and oxygen atoms in total. The molecule has 1 saturated heterocycles. The number of hydrogen-bond donors (Lipinski definition) is 1. The molecule has 1 aliphatic heterocycles. The minimum Gasteiger partial charge on any atom is -0.455 e. The Morgan fingerprint density at radius 3 is 2.76 bits per heavy atom. The molecule has 2 aliphatic rings. The van der Waals surface area contributed by atoms with Gasteiger partial charge in [-0.15, -0.1) is 0 Å². The van der Waals surface area contributed by atoms with Crippen LogP contribution in [0.15, 0.2) is 23.9 Å². The summed E-state index contributed by atoms with van der Waals surface area (Å²) in [6.07, 6.45) is 5.55. The molecule has 0 bridgehead atoms. The molecule has 25 heavy (non-hydrogen) atoms. The fourth-order valence-electron chi connectivity index (χ4n) is 3.60. The van der Waals surface area contributed by atoms with Crippen LogP contribution in [0.2, 0.25) is 0 Å². The minimum atomic E-state index is -0.492. The maximum absolute atomic E-state index is 12.9. The van der Waals surface area contributed by atoms with Crippen molar-refractivity contribution in [1.29, 1.82) is 0 Å². The van der Waals surface area contributed by atoms with Crippen molar-refractivity contribution in [2.24, 2.45) is 0 Å². The second kappa shape index (κ2) is 7.20.